The van der Waals surface area contributed by atoms with Crippen molar-refractivity contribution in [3.8, 4) is 0 Å². The summed E-state index contributed by atoms with van der Waals surface area (Å²) in [5.74, 6) is -1.37. The minimum Gasteiger partial charge on any atom is -0.366 e. The van der Waals surface area contributed by atoms with Crippen LogP contribution in [0.4, 0.5) is 4.39 Å². The molecule has 1 aliphatic heterocycles. The van der Waals surface area contributed by atoms with E-state index in [1.54, 1.807) is 27.7 Å². The first-order valence-electron chi connectivity index (χ1n) is 8.89. The van der Waals surface area contributed by atoms with Crippen LogP contribution in [0.25, 0.3) is 10.9 Å². The summed E-state index contributed by atoms with van der Waals surface area (Å²) in [7, 11) is 1.73. The van der Waals surface area contributed by atoms with Gasteiger partial charge in [0.2, 0.25) is 5.91 Å². The van der Waals surface area contributed by atoms with Gasteiger partial charge in [0.1, 0.15) is 5.82 Å². The zero-order chi connectivity index (χ0) is 19.1. The van der Waals surface area contributed by atoms with Crippen LogP contribution in [-0.2, 0) is 13.6 Å². The minimum absolute atomic E-state index is 0.0115. The zero-order valence-electron chi connectivity index (χ0n) is 15.0. The summed E-state index contributed by atoms with van der Waals surface area (Å²) < 4.78 is 17.2. The third kappa shape index (κ3) is 3.19. The average Bonchev–Trinajstić information content (AvgIpc) is 3.23. The molecule has 4 rings (SSSR count). The Kier molecular flexibility index (Phi) is 4.61. The summed E-state index contributed by atoms with van der Waals surface area (Å²) >= 11 is 1.69. The Labute approximate surface area is 159 Å². The number of fused-ring (bicyclic) bond motifs is 1. The standard InChI is InChI=1S/C19H21FN4O2S/c1-22-16-9-13(20)8-15(18(21)25)17(16)19(26)24(22)14-2-5-23(6-3-14)10-12-4-7-27-11-12/h4,7-9,11,14H,2-3,5-6,10H2,1H3,(H2,21,25). The van der Waals surface area contributed by atoms with E-state index in [4.69, 9.17) is 5.73 Å². The second-order valence-corrected chi connectivity index (χ2v) is 7.80. The average molecular weight is 388 g/mol. The molecule has 1 fully saturated rings. The Balaban J connectivity index is 1.64. The molecule has 0 aliphatic carbocycles. The molecule has 0 spiro atoms. The van der Waals surface area contributed by atoms with Gasteiger partial charge in [0.15, 0.2) is 0 Å². The van der Waals surface area contributed by atoms with Gasteiger partial charge < -0.3 is 5.73 Å². The fraction of sp³-hybridized carbons (Fsp3) is 0.368. The number of amides is 1. The number of piperidine rings is 1. The van der Waals surface area contributed by atoms with E-state index in [-0.39, 0.29) is 22.6 Å². The Bertz CT molecular complexity index is 1050. The van der Waals surface area contributed by atoms with Crippen molar-refractivity contribution >= 4 is 28.1 Å². The van der Waals surface area contributed by atoms with Crippen LogP contribution in [0.15, 0.2) is 33.8 Å². The van der Waals surface area contributed by atoms with Crippen LogP contribution in [0, 0.1) is 5.82 Å². The molecule has 3 aromatic rings. The molecule has 8 heteroatoms. The maximum absolute atomic E-state index is 13.9. The molecular formula is C19H21FN4O2S. The Morgan fingerprint density at radius 3 is 2.70 bits per heavy atom. The fourth-order valence-corrected chi connectivity index (χ4v) is 4.67. The Morgan fingerprint density at radius 2 is 2.07 bits per heavy atom. The summed E-state index contributed by atoms with van der Waals surface area (Å²) in [6.45, 7) is 2.67. The second-order valence-electron chi connectivity index (χ2n) is 7.02. The fourth-order valence-electron chi connectivity index (χ4n) is 4.01. The number of aromatic nitrogens is 2. The molecule has 3 heterocycles. The maximum Gasteiger partial charge on any atom is 0.275 e. The van der Waals surface area contributed by atoms with Gasteiger partial charge in [0.25, 0.3) is 5.56 Å². The molecule has 2 N–H and O–H groups in total. The zero-order valence-corrected chi connectivity index (χ0v) is 15.8. The number of nitrogens with zero attached hydrogens (tertiary/aromatic N) is 3. The number of hydrogen-bond acceptors (Lipinski definition) is 4. The number of carbonyl (C=O) groups is 1. The highest BCUT2D eigenvalue weighted by atomic mass is 32.1. The second kappa shape index (κ2) is 6.94. The lowest BCUT2D eigenvalue weighted by Gasteiger charge is -2.32. The monoisotopic (exact) mass is 388 g/mol. The van der Waals surface area contributed by atoms with Gasteiger partial charge in [-0.1, -0.05) is 0 Å². The van der Waals surface area contributed by atoms with Crippen LogP contribution in [0.3, 0.4) is 0 Å². The molecule has 0 unspecified atom stereocenters. The third-order valence-electron chi connectivity index (χ3n) is 5.33. The van der Waals surface area contributed by atoms with Gasteiger partial charge in [0.05, 0.1) is 22.5 Å². The van der Waals surface area contributed by atoms with Crippen molar-refractivity contribution in [2.24, 2.45) is 12.8 Å². The lowest BCUT2D eigenvalue weighted by molar-refractivity contribution is 0.100. The van der Waals surface area contributed by atoms with Gasteiger partial charge in [-0.3, -0.25) is 19.2 Å². The largest absolute Gasteiger partial charge is 0.366 e. The van der Waals surface area contributed by atoms with Crippen LogP contribution in [0.1, 0.15) is 34.8 Å². The Morgan fingerprint density at radius 1 is 1.33 bits per heavy atom. The van der Waals surface area contributed by atoms with E-state index < -0.39 is 11.7 Å². The molecule has 6 nitrogen and oxygen atoms in total. The summed E-state index contributed by atoms with van der Waals surface area (Å²) in [4.78, 5) is 27.1. The topological polar surface area (TPSA) is 73.3 Å². The van der Waals surface area contributed by atoms with E-state index in [2.05, 4.69) is 21.7 Å². The highest BCUT2D eigenvalue weighted by Gasteiger charge is 2.26. The van der Waals surface area contributed by atoms with Crippen molar-refractivity contribution in [3.05, 3.63) is 56.3 Å². The van der Waals surface area contributed by atoms with E-state index in [1.807, 2.05) is 0 Å². The van der Waals surface area contributed by atoms with E-state index in [1.165, 1.54) is 11.6 Å². The highest BCUT2D eigenvalue weighted by molar-refractivity contribution is 7.07. The number of aryl methyl sites for hydroxylation is 1. The number of primary amides is 1. The number of nitrogens with two attached hydrogens (primary N) is 1. The SMILES string of the molecule is Cn1c2cc(F)cc(C(N)=O)c2c(=O)n1C1CCN(Cc2ccsc2)CC1. The smallest absolute Gasteiger partial charge is 0.275 e. The summed E-state index contributed by atoms with van der Waals surface area (Å²) in [6, 6.07) is 4.47. The van der Waals surface area contributed by atoms with Gasteiger partial charge in [0, 0.05) is 26.7 Å². The van der Waals surface area contributed by atoms with Gasteiger partial charge in [-0.25, -0.2) is 9.07 Å². The van der Waals surface area contributed by atoms with Gasteiger partial charge >= 0.3 is 0 Å². The lowest BCUT2D eigenvalue weighted by atomic mass is 10.0. The van der Waals surface area contributed by atoms with E-state index >= 15 is 0 Å². The van der Waals surface area contributed by atoms with Crippen molar-refractivity contribution in [1.29, 1.82) is 0 Å². The molecule has 1 aliphatic rings. The van der Waals surface area contributed by atoms with Crippen LogP contribution >= 0.6 is 11.3 Å². The highest BCUT2D eigenvalue weighted by Crippen LogP contribution is 2.26. The first kappa shape index (κ1) is 17.9. The molecule has 1 amide bonds. The van der Waals surface area contributed by atoms with Crippen molar-refractivity contribution < 1.29 is 9.18 Å². The summed E-state index contributed by atoms with van der Waals surface area (Å²) in [5, 5.41) is 4.43. The molecule has 0 bridgehead atoms. The number of thiophene rings is 1. The van der Waals surface area contributed by atoms with Crippen molar-refractivity contribution in [1.82, 2.24) is 14.3 Å². The lowest BCUT2D eigenvalue weighted by Crippen LogP contribution is -2.38. The van der Waals surface area contributed by atoms with Crippen LogP contribution in [-0.4, -0.2) is 33.3 Å². The van der Waals surface area contributed by atoms with E-state index in [9.17, 15) is 14.0 Å². The van der Waals surface area contributed by atoms with Crippen molar-refractivity contribution in [2.45, 2.75) is 25.4 Å². The first-order chi connectivity index (χ1) is 13.0. The number of carbonyl (C=O) groups excluding carboxylic acids is 1. The molecule has 27 heavy (non-hydrogen) atoms. The quantitative estimate of drug-likeness (QED) is 0.746. The Hall–Kier alpha value is -2.45. The number of hydrogen-bond donors (Lipinski definition) is 1. The van der Waals surface area contributed by atoms with E-state index in [0.29, 0.717) is 5.52 Å². The summed E-state index contributed by atoms with van der Waals surface area (Å²) in [5.41, 5.74) is 6.74. The first-order valence-corrected chi connectivity index (χ1v) is 9.84. The normalized spacial score (nSPS) is 16.2. The van der Waals surface area contributed by atoms with Crippen LogP contribution in [0.2, 0.25) is 0 Å². The minimum atomic E-state index is -0.792. The van der Waals surface area contributed by atoms with Gasteiger partial charge in [-0.15, -0.1) is 0 Å². The summed E-state index contributed by atoms with van der Waals surface area (Å²) in [6.07, 6.45) is 1.64. The van der Waals surface area contributed by atoms with Crippen molar-refractivity contribution in [2.75, 3.05) is 13.1 Å². The van der Waals surface area contributed by atoms with E-state index in [0.717, 1.165) is 38.5 Å². The van der Waals surface area contributed by atoms with Crippen LogP contribution in [0.5, 0.6) is 0 Å². The molecule has 1 aromatic carbocycles. The maximum atomic E-state index is 13.9. The molecular weight excluding hydrogens is 367 g/mol. The number of rotatable bonds is 4. The van der Waals surface area contributed by atoms with Gasteiger partial charge in [-0.2, -0.15) is 11.3 Å². The number of likely N-dealkylation sites (tertiary alicyclic amines) is 1. The third-order valence-corrected chi connectivity index (χ3v) is 6.06. The number of halogens is 1. The van der Waals surface area contributed by atoms with Crippen molar-refractivity contribution in [3.63, 3.8) is 0 Å². The molecule has 1 saturated heterocycles. The predicted octanol–water partition coefficient (Wildman–Crippen LogP) is 2.48. The molecule has 2 aromatic heterocycles. The molecule has 0 saturated carbocycles. The van der Waals surface area contributed by atoms with Crippen LogP contribution < -0.4 is 11.3 Å². The number of benzene rings is 1. The van der Waals surface area contributed by atoms with Gasteiger partial charge in [-0.05, 0) is 47.4 Å². The molecule has 0 radical (unpaired) electrons. The molecule has 142 valence electrons. The molecule has 0 atom stereocenters. The predicted molar refractivity (Wildman–Crippen MR) is 104 cm³/mol.